The third-order valence-corrected chi connectivity index (χ3v) is 4.54. The van der Waals surface area contributed by atoms with E-state index in [9.17, 15) is 4.79 Å². The molecule has 0 radical (unpaired) electrons. The van der Waals surface area contributed by atoms with Gasteiger partial charge in [-0.15, -0.1) is 10.2 Å². The zero-order valence-electron chi connectivity index (χ0n) is 14.4. The lowest BCUT2D eigenvalue weighted by Gasteiger charge is -2.10. The number of thioether (sulfide) groups is 1. The monoisotopic (exact) mass is 348 g/mol. The summed E-state index contributed by atoms with van der Waals surface area (Å²) in [7, 11) is 1.58. The number of ether oxygens (including phenoxy) is 1. The fourth-order valence-electron chi connectivity index (χ4n) is 2.33. The molecule has 0 unspecified atom stereocenters. The van der Waals surface area contributed by atoms with Gasteiger partial charge >= 0.3 is 0 Å². The predicted octanol–water partition coefficient (Wildman–Crippen LogP) is 3.38. The summed E-state index contributed by atoms with van der Waals surface area (Å²) in [4.78, 5) is 12.2. The first-order valence-corrected chi connectivity index (χ1v) is 9.15. The highest BCUT2D eigenvalue weighted by Gasteiger charge is 2.13. The van der Waals surface area contributed by atoms with Crippen molar-refractivity contribution >= 4 is 23.4 Å². The van der Waals surface area contributed by atoms with E-state index in [1.807, 2.05) is 24.3 Å². The van der Waals surface area contributed by atoms with Gasteiger partial charge in [-0.1, -0.05) is 37.2 Å². The second kappa shape index (κ2) is 9.32. The molecule has 1 N–H and O–H groups in total. The first-order chi connectivity index (χ1) is 11.7. The Morgan fingerprint density at radius 2 is 2.08 bits per heavy atom. The van der Waals surface area contributed by atoms with Crippen molar-refractivity contribution in [2.45, 2.75) is 44.8 Å². The van der Waals surface area contributed by atoms with Crippen LogP contribution in [-0.2, 0) is 17.8 Å². The number of nitrogens with one attached hydrogen (secondary N) is 1. The molecule has 0 atom stereocenters. The van der Waals surface area contributed by atoms with Crippen LogP contribution in [0.25, 0.3) is 0 Å². The number of benzene rings is 1. The molecular weight excluding hydrogens is 324 g/mol. The van der Waals surface area contributed by atoms with Gasteiger partial charge in [0, 0.05) is 13.0 Å². The average Bonchev–Trinajstić information content (AvgIpc) is 3.00. The largest absolute Gasteiger partial charge is 0.495 e. The molecule has 130 valence electrons. The van der Waals surface area contributed by atoms with E-state index >= 15 is 0 Å². The van der Waals surface area contributed by atoms with Gasteiger partial charge in [0.25, 0.3) is 0 Å². The van der Waals surface area contributed by atoms with Crippen LogP contribution in [0.2, 0.25) is 0 Å². The summed E-state index contributed by atoms with van der Waals surface area (Å²) in [6.45, 7) is 5.03. The number of rotatable bonds is 9. The molecule has 0 saturated heterocycles. The molecule has 0 aliphatic rings. The van der Waals surface area contributed by atoms with Crippen LogP contribution in [-0.4, -0.2) is 33.5 Å². The maximum atomic E-state index is 12.2. The lowest BCUT2D eigenvalue weighted by molar-refractivity contribution is -0.113. The highest BCUT2D eigenvalue weighted by atomic mass is 32.2. The first-order valence-electron chi connectivity index (χ1n) is 8.17. The minimum atomic E-state index is -0.0924. The Labute approximate surface area is 147 Å². The summed E-state index contributed by atoms with van der Waals surface area (Å²) >= 11 is 1.40. The second-order valence-corrected chi connectivity index (χ2v) is 6.23. The van der Waals surface area contributed by atoms with Crippen LogP contribution >= 0.6 is 11.8 Å². The molecule has 0 aliphatic heterocycles. The Kier molecular flexibility index (Phi) is 7.11. The molecule has 7 heteroatoms. The van der Waals surface area contributed by atoms with Gasteiger partial charge in [0.2, 0.25) is 5.91 Å². The van der Waals surface area contributed by atoms with E-state index < -0.39 is 0 Å². The minimum absolute atomic E-state index is 0.0924. The number of carbonyl (C=O) groups excluding carboxylic acids is 1. The van der Waals surface area contributed by atoms with Crippen LogP contribution in [0.1, 0.15) is 32.5 Å². The van der Waals surface area contributed by atoms with Crippen molar-refractivity contribution < 1.29 is 9.53 Å². The molecule has 0 aliphatic carbocycles. The molecule has 0 saturated carbocycles. The van der Waals surface area contributed by atoms with Crippen LogP contribution in [0.15, 0.2) is 29.4 Å². The Hall–Kier alpha value is -2.02. The molecule has 1 aromatic carbocycles. The Bertz CT molecular complexity index is 672. The summed E-state index contributed by atoms with van der Waals surface area (Å²) in [6.07, 6.45) is 3.14. The summed E-state index contributed by atoms with van der Waals surface area (Å²) < 4.78 is 7.32. The fraction of sp³-hybridized carbons (Fsp3) is 0.471. The van der Waals surface area contributed by atoms with Gasteiger partial charge in [0.1, 0.15) is 11.6 Å². The van der Waals surface area contributed by atoms with Gasteiger partial charge < -0.3 is 14.6 Å². The van der Waals surface area contributed by atoms with Crippen LogP contribution in [0, 0.1) is 0 Å². The Morgan fingerprint density at radius 1 is 1.29 bits per heavy atom. The summed E-state index contributed by atoms with van der Waals surface area (Å²) in [5.74, 6) is 1.83. The number of unbranched alkanes of at least 4 members (excludes halogenated alkanes) is 1. The van der Waals surface area contributed by atoms with E-state index in [0.29, 0.717) is 11.4 Å². The van der Waals surface area contributed by atoms with Crippen LogP contribution in [0.5, 0.6) is 5.75 Å². The molecule has 1 aromatic heterocycles. The van der Waals surface area contributed by atoms with Crippen molar-refractivity contribution in [2.75, 3.05) is 18.2 Å². The molecule has 24 heavy (non-hydrogen) atoms. The summed E-state index contributed by atoms with van der Waals surface area (Å²) in [5, 5.41) is 12.1. The van der Waals surface area contributed by atoms with E-state index in [0.717, 1.165) is 36.8 Å². The standard InChI is InChI=1S/C17H24N4O2S/c1-4-6-11-15-19-20-17(21(15)5-2)24-12-16(22)18-13-9-7-8-10-14(13)23-3/h7-10H,4-6,11-12H2,1-3H3,(H,18,22). The third kappa shape index (κ3) is 4.74. The van der Waals surface area contributed by atoms with Crippen molar-refractivity contribution in [3.05, 3.63) is 30.1 Å². The highest BCUT2D eigenvalue weighted by molar-refractivity contribution is 7.99. The number of para-hydroxylation sites is 2. The molecule has 0 bridgehead atoms. The molecular formula is C17H24N4O2S. The van der Waals surface area contributed by atoms with Crippen molar-refractivity contribution in [1.29, 1.82) is 0 Å². The number of methoxy groups -OCH3 is 1. The number of nitrogens with zero attached hydrogens (tertiary/aromatic N) is 3. The van der Waals surface area contributed by atoms with Gasteiger partial charge in [-0.25, -0.2) is 0 Å². The van der Waals surface area contributed by atoms with Crippen molar-refractivity contribution in [1.82, 2.24) is 14.8 Å². The maximum absolute atomic E-state index is 12.2. The molecule has 1 heterocycles. The van der Waals surface area contributed by atoms with Crippen molar-refractivity contribution in [3.8, 4) is 5.75 Å². The van der Waals surface area contributed by atoms with Gasteiger partial charge in [0.15, 0.2) is 5.16 Å². The number of aryl methyl sites for hydroxylation is 1. The second-order valence-electron chi connectivity index (χ2n) is 5.28. The van der Waals surface area contributed by atoms with Crippen molar-refractivity contribution in [3.63, 3.8) is 0 Å². The molecule has 2 aromatic rings. The quantitative estimate of drug-likeness (QED) is 0.704. The van der Waals surface area contributed by atoms with Crippen molar-refractivity contribution in [2.24, 2.45) is 0 Å². The lowest BCUT2D eigenvalue weighted by Crippen LogP contribution is -2.15. The van der Waals surface area contributed by atoms with Gasteiger partial charge in [-0.3, -0.25) is 4.79 Å². The molecule has 0 fully saturated rings. The molecule has 0 spiro atoms. The smallest absolute Gasteiger partial charge is 0.234 e. The van der Waals surface area contributed by atoms with E-state index in [2.05, 4.69) is 33.9 Å². The number of amides is 1. The lowest BCUT2D eigenvalue weighted by atomic mass is 10.2. The minimum Gasteiger partial charge on any atom is -0.495 e. The molecule has 1 amide bonds. The predicted molar refractivity (Wildman–Crippen MR) is 96.7 cm³/mol. The molecule has 2 rings (SSSR count). The number of aromatic nitrogens is 3. The number of carbonyl (C=O) groups is 1. The van der Waals surface area contributed by atoms with Crippen LogP contribution in [0.3, 0.4) is 0 Å². The van der Waals surface area contributed by atoms with Crippen LogP contribution in [0.4, 0.5) is 5.69 Å². The zero-order valence-corrected chi connectivity index (χ0v) is 15.2. The Balaban J connectivity index is 1.95. The van der Waals surface area contributed by atoms with E-state index in [4.69, 9.17) is 4.74 Å². The normalized spacial score (nSPS) is 10.6. The van der Waals surface area contributed by atoms with Gasteiger partial charge in [0.05, 0.1) is 18.6 Å². The first kappa shape index (κ1) is 18.3. The number of anilines is 1. The third-order valence-electron chi connectivity index (χ3n) is 3.58. The summed E-state index contributed by atoms with van der Waals surface area (Å²) in [5.41, 5.74) is 0.672. The van der Waals surface area contributed by atoms with Gasteiger partial charge in [-0.2, -0.15) is 0 Å². The fourth-order valence-corrected chi connectivity index (χ4v) is 3.15. The van der Waals surface area contributed by atoms with Gasteiger partial charge in [-0.05, 0) is 25.5 Å². The highest BCUT2D eigenvalue weighted by Crippen LogP contribution is 2.24. The number of hydrogen-bond acceptors (Lipinski definition) is 5. The summed E-state index contributed by atoms with van der Waals surface area (Å²) in [6, 6.07) is 7.36. The van der Waals surface area contributed by atoms with E-state index in [1.54, 1.807) is 7.11 Å². The van der Waals surface area contributed by atoms with Crippen LogP contribution < -0.4 is 10.1 Å². The maximum Gasteiger partial charge on any atom is 0.234 e. The number of hydrogen-bond donors (Lipinski definition) is 1. The Morgan fingerprint density at radius 3 is 2.79 bits per heavy atom. The molecule has 6 nitrogen and oxygen atoms in total. The SMILES string of the molecule is CCCCc1nnc(SCC(=O)Nc2ccccc2OC)n1CC. The van der Waals surface area contributed by atoms with E-state index in [1.165, 1.54) is 11.8 Å². The zero-order chi connectivity index (χ0) is 17.4. The topological polar surface area (TPSA) is 69.0 Å². The average molecular weight is 348 g/mol. The van der Waals surface area contributed by atoms with E-state index in [-0.39, 0.29) is 11.7 Å².